The lowest BCUT2D eigenvalue weighted by Crippen LogP contribution is -2.39. The van der Waals surface area contributed by atoms with Gasteiger partial charge in [0, 0.05) is 19.0 Å². The van der Waals surface area contributed by atoms with Gasteiger partial charge in [0.05, 0.1) is 12.8 Å². The number of aliphatic carboxylic acids is 1. The Morgan fingerprint density at radius 2 is 2.32 bits per heavy atom. The standard InChI is InChI=1S/C13H15NO5/c1-18-9-4-5-11-10(7-9)14(12(15)8-19-11)6-2-3-13(16)17/h4-5,7H,2-3,6,8H2,1H3,(H,16,17). The van der Waals surface area contributed by atoms with Crippen molar-refractivity contribution in [3.8, 4) is 11.5 Å². The molecule has 2 rings (SSSR count). The van der Waals surface area contributed by atoms with Crippen molar-refractivity contribution in [2.24, 2.45) is 0 Å². The van der Waals surface area contributed by atoms with Crippen molar-refractivity contribution in [3.05, 3.63) is 18.2 Å². The van der Waals surface area contributed by atoms with Crippen molar-refractivity contribution < 1.29 is 24.2 Å². The second-order valence-electron chi connectivity index (χ2n) is 4.16. The molecular formula is C13H15NO5. The molecule has 0 atom stereocenters. The summed E-state index contributed by atoms with van der Waals surface area (Å²) in [5.74, 6) is 0.189. The van der Waals surface area contributed by atoms with Gasteiger partial charge in [0.15, 0.2) is 6.61 Å². The van der Waals surface area contributed by atoms with Gasteiger partial charge in [-0.1, -0.05) is 0 Å². The van der Waals surface area contributed by atoms with Gasteiger partial charge in [-0.25, -0.2) is 0 Å². The molecular weight excluding hydrogens is 250 g/mol. The first-order valence-electron chi connectivity index (χ1n) is 5.95. The molecule has 1 heterocycles. The van der Waals surface area contributed by atoms with Crippen molar-refractivity contribution in [1.29, 1.82) is 0 Å². The van der Waals surface area contributed by atoms with E-state index in [1.807, 2.05) is 0 Å². The van der Waals surface area contributed by atoms with Gasteiger partial charge in [0.1, 0.15) is 11.5 Å². The summed E-state index contributed by atoms with van der Waals surface area (Å²) < 4.78 is 10.4. The Hall–Kier alpha value is -2.24. The first-order chi connectivity index (χ1) is 9.11. The summed E-state index contributed by atoms with van der Waals surface area (Å²) in [6.45, 7) is 0.334. The van der Waals surface area contributed by atoms with Gasteiger partial charge >= 0.3 is 5.97 Å². The van der Waals surface area contributed by atoms with Crippen LogP contribution in [0.2, 0.25) is 0 Å². The summed E-state index contributed by atoms with van der Waals surface area (Å²) in [5, 5.41) is 8.64. The number of amides is 1. The molecule has 0 unspecified atom stereocenters. The largest absolute Gasteiger partial charge is 0.497 e. The molecule has 0 saturated carbocycles. The monoisotopic (exact) mass is 265 g/mol. The molecule has 0 fully saturated rings. The lowest BCUT2D eigenvalue weighted by atomic mass is 10.2. The van der Waals surface area contributed by atoms with Gasteiger partial charge in [0.25, 0.3) is 5.91 Å². The molecule has 1 aromatic rings. The number of benzene rings is 1. The molecule has 1 aliphatic heterocycles. The Balaban J connectivity index is 2.18. The molecule has 19 heavy (non-hydrogen) atoms. The molecule has 1 N–H and O–H groups in total. The third kappa shape index (κ3) is 2.96. The second-order valence-corrected chi connectivity index (χ2v) is 4.16. The van der Waals surface area contributed by atoms with Crippen molar-refractivity contribution in [2.45, 2.75) is 12.8 Å². The maximum atomic E-state index is 11.8. The van der Waals surface area contributed by atoms with E-state index in [2.05, 4.69) is 0 Å². The van der Waals surface area contributed by atoms with Crippen LogP contribution in [0.15, 0.2) is 18.2 Å². The maximum absolute atomic E-state index is 11.8. The van der Waals surface area contributed by atoms with Crippen LogP contribution in [0.5, 0.6) is 11.5 Å². The highest BCUT2D eigenvalue weighted by Gasteiger charge is 2.25. The molecule has 0 aromatic heterocycles. The molecule has 1 aromatic carbocycles. The zero-order valence-corrected chi connectivity index (χ0v) is 10.6. The van der Waals surface area contributed by atoms with E-state index in [-0.39, 0.29) is 18.9 Å². The molecule has 102 valence electrons. The topological polar surface area (TPSA) is 76.1 Å². The van der Waals surface area contributed by atoms with Crippen LogP contribution in [0.4, 0.5) is 5.69 Å². The summed E-state index contributed by atoms with van der Waals surface area (Å²) in [6.07, 6.45) is 0.432. The zero-order valence-electron chi connectivity index (χ0n) is 10.6. The first kappa shape index (κ1) is 13.2. The normalized spacial score (nSPS) is 13.7. The maximum Gasteiger partial charge on any atom is 0.303 e. The number of methoxy groups -OCH3 is 1. The number of ether oxygens (including phenoxy) is 2. The number of nitrogens with zero attached hydrogens (tertiary/aromatic N) is 1. The van der Waals surface area contributed by atoms with E-state index in [0.29, 0.717) is 30.2 Å². The first-order valence-corrected chi connectivity index (χ1v) is 5.95. The Morgan fingerprint density at radius 3 is 3.00 bits per heavy atom. The Labute approximate surface area is 110 Å². The van der Waals surface area contributed by atoms with Crippen LogP contribution >= 0.6 is 0 Å². The molecule has 6 heteroatoms. The SMILES string of the molecule is COc1ccc2c(c1)N(CCCC(=O)O)C(=O)CO2. The highest BCUT2D eigenvalue weighted by atomic mass is 16.5. The lowest BCUT2D eigenvalue weighted by molar-refractivity contribution is -0.137. The molecule has 1 amide bonds. The van der Waals surface area contributed by atoms with E-state index in [9.17, 15) is 9.59 Å². The van der Waals surface area contributed by atoms with Gasteiger partial charge in [-0.05, 0) is 18.6 Å². The number of rotatable bonds is 5. The van der Waals surface area contributed by atoms with E-state index in [1.165, 1.54) is 0 Å². The van der Waals surface area contributed by atoms with Crippen LogP contribution in [-0.2, 0) is 9.59 Å². The van der Waals surface area contributed by atoms with Gasteiger partial charge in [-0.3, -0.25) is 9.59 Å². The molecule has 0 bridgehead atoms. The number of hydrogen-bond acceptors (Lipinski definition) is 4. The van der Waals surface area contributed by atoms with Crippen LogP contribution in [-0.4, -0.2) is 37.2 Å². The summed E-state index contributed by atoms with van der Waals surface area (Å²) in [4.78, 5) is 23.9. The lowest BCUT2D eigenvalue weighted by Gasteiger charge is -2.29. The number of anilines is 1. The average molecular weight is 265 g/mol. The molecule has 0 saturated heterocycles. The van der Waals surface area contributed by atoms with Gasteiger partial charge < -0.3 is 19.5 Å². The van der Waals surface area contributed by atoms with E-state index in [4.69, 9.17) is 14.6 Å². The smallest absolute Gasteiger partial charge is 0.303 e. The van der Waals surface area contributed by atoms with E-state index in [1.54, 1.807) is 30.2 Å². The summed E-state index contributed by atoms with van der Waals surface area (Å²) in [7, 11) is 1.54. The number of carbonyl (C=O) groups excluding carboxylic acids is 1. The average Bonchev–Trinajstić information content (AvgIpc) is 2.40. The quantitative estimate of drug-likeness (QED) is 0.868. The fourth-order valence-electron chi connectivity index (χ4n) is 1.94. The van der Waals surface area contributed by atoms with Crippen LogP contribution in [0.1, 0.15) is 12.8 Å². The van der Waals surface area contributed by atoms with Crippen LogP contribution < -0.4 is 14.4 Å². The van der Waals surface area contributed by atoms with E-state index >= 15 is 0 Å². The van der Waals surface area contributed by atoms with E-state index < -0.39 is 5.97 Å². The van der Waals surface area contributed by atoms with E-state index in [0.717, 1.165) is 0 Å². The van der Waals surface area contributed by atoms with Crippen LogP contribution in [0.3, 0.4) is 0 Å². The van der Waals surface area contributed by atoms with Crippen LogP contribution in [0, 0.1) is 0 Å². The predicted octanol–water partition coefficient (Wildman–Crippen LogP) is 1.29. The van der Waals surface area contributed by atoms with Crippen LogP contribution in [0.25, 0.3) is 0 Å². The molecule has 6 nitrogen and oxygen atoms in total. The van der Waals surface area contributed by atoms with Gasteiger partial charge in [-0.2, -0.15) is 0 Å². The van der Waals surface area contributed by atoms with Crippen molar-refractivity contribution in [1.82, 2.24) is 0 Å². The molecule has 0 aliphatic carbocycles. The number of carboxylic acids is 1. The van der Waals surface area contributed by atoms with Crippen molar-refractivity contribution >= 4 is 17.6 Å². The zero-order chi connectivity index (χ0) is 13.8. The fourth-order valence-corrected chi connectivity index (χ4v) is 1.94. The minimum absolute atomic E-state index is 0.0214. The summed E-state index contributed by atoms with van der Waals surface area (Å²) >= 11 is 0. The van der Waals surface area contributed by atoms with Gasteiger partial charge in [-0.15, -0.1) is 0 Å². The third-order valence-electron chi connectivity index (χ3n) is 2.88. The number of hydrogen-bond donors (Lipinski definition) is 1. The predicted molar refractivity (Wildman–Crippen MR) is 67.7 cm³/mol. The Kier molecular flexibility index (Phi) is 3.89. The minimum Gasteiger partial charge on any atom is -0.497 e. The Morgan fingerprint density at radius 1 is 1.53 bits per heavy atom. The highest BCUT2D eigenvalue weighted by Crippen LogP contribution is 2.35. The molecule has 1 aliphatic rings. The second kappa shape index (κ2) is 5.60. The summed E-state index contributed by atoms with van der Waals surface area (Å²) in [6, 6.07) is 5.21. The van der Waals surface area contributed by atoms with Crippen molar-refractivity contribution in [2.75, 3.05) is 25.2 Å². The fraction of sp³-hybridized carbons (Fsp3) is 0.385. The molecule has 0 radical (unpaired) electrons. The van der Waals surface area contributed by atoms with Crippen molar-refractivity contribution in [3.63, 3.8) is 0 Å². The molecule has 0 spiro atoms. The van der Waals surface area contributed by atoms with Gasteiger partial charge in [0.2, 0.25) is 0 Å². The number of fused-ring (bicyclic) bond motifs is 1. The summed E-state index contributed by atoms with van der Waals surface area (Å²) in [5.41, 5.74) is 0.626. The third-order valence-corrected chi connectivity index (χ3v) is 2.88. The highest BCUT2D eigenvalue weighted by molar-refractivity contribution is 5.98. The number of carboxylic acid groups (broad SMARTS) is 1. The number of carbonyl (C=O) groups is 2. The Bertz CT molecular complexity index is 500. The minimum atomic E-state index is -0.869.